The molecule has 2 heteroatoms. The van der Waals surface area contributed by atoms with Gasteiger partial charge in [-0.15, -0.1) is 0 Å². The van der Waals surface area contributed by atoms with Crippen LogP contribution in [0.4, 0.5) is 0 Å². The molecule has 0 aliphatic carbocycles. The molecule has 4 unspecified atom stereocenters. The summed E-state index contributed by atoms with van der Waals surface area (Å²) in [5.41, 5.74) is 0. The molecule has 1 heterocycles. The second-order valence-electron chi connectivity index (χ2n) is 4.61. The van der Waals surface area contributed by atoms with Crippen LogP contribution in [0.3, 0.4) is 0 Å². The van der Waals surface area contributed by atoms with Crippen molar-refractivity contribution in [2.24, 2.45) is 11.8 Å². The summed E-state index contributed by atoms with van der Waals surface area (Å²) in [6.45, 7) is 7.77. The zero-order chi connectivity index (χ0) is 10.6. The average molecular weight is 199 g/mol. The van der Waals surface area contributed by atoms with Gasteiger partial charge in [0.25, 0.3) is 0 Å². The van der Waals surface area contributed by atoms with Crippen molar-refractivity contribution in [1.82, 2.24) is 5.32 Å². The van der Waals surface area contributed by atoms with Crippen molar-refractivity contribution >= 4 is 0 Å². The van der Waals surface area contributed by atoms with E-state index in [9.17, 15) is 0 Å². The molecular formula is C12H25NO. The lowest BCUT2D eigenvalue weighted by Gasteiger charge is -2.30. The minimum absolute atomic E-state index is 0.437. The highest BCUT2D eigenvalue weighted by Crippen LogP contribution is 2.29. The van der Waals surface area contributed by atoms with Crippen LogP contribution in [0, 0.1) is 11.8 Å². The average Bonchev–Trinajstić information content (AvgIpc) is 2.54. The molecule has 1 N–H and O–H groups in total. The highest BCUT2D eigenvalue weighted by molar-refractivity contribution is 4.86. The van der Waals surface area contributed by atoms with E-state index in [1.807, 2.05) is 0 Å². The van der Waals surface area contributed by atoms with Gasteiger partial charge in [0.15, 0.2) is 0 Å². The molecule has 1 saturated heterocycles. The van der Waals surface area contributed by atoms with Crippen LogP contribution < -0.4 is 5.32 Å². The Morgan fingerprint density at radius 3 is 2.64 bits per heavy atom. The van der Waals surface area contributed by atoms with E-state index in [-0.39, 0.29) is 0 Å². The van der Waals surface area contributed by atoms with Crippen LogP contribution in [-0.4, -0.2) is 25.8 Å². The number of hydrogen-bond donors (Lipinski definition) is 1. The van der Waals surface area contributed by atoms with Crippen LogP contribution in [0.2, 0.25) is 0 Å². The van der Waals surface area contributed by atoms with E-state index in [1.54, 1.807) is 0 Å². The molecule has 4 atom stereocenters. The minimum atomic E-state index is 0.437. The van der Waals surface area contributed by atoms with Crippen molar-refractivity contribution in [3.63, 3.8) is 0 Å². The van der Waals surface area contributed by atoms with Crippen LogP contribution in [-0.2, 0) is 4.74 Å². The van der Waals surface area contributed by atoms with E-state index < -0.39 is 0 Å². The number of ether oxygens (including phenoxy) is 1. The third kappa shape index (κ3) is 2.71. The van der Waals surface area contributed by atoms with E-state index in [1.165, 1.54) is 19.3 Å². The molecule has 14 heavy (non-hydrogen) atoms. The van der Waals surface area contributed by atoms with Gasteiger partial charge in [-0.1, -0.05) is 20.3 Å². The smallest absolute Gasteiger partial charge is 0.0590 e. The molecule has 0 amide bonds. The summed E-state index contributed by atoms with van der Waals surface area (Å²) in [5, 5.41) is 3.48. The Labute approximate surface area is 88.4 Å². The van der Waals surface area contributed by atoms with Gasteiger partial charge in [0, 0.05) is 18.6 Å². The van der Waals surface area contributed by atoms with Gasteiger partial charge in [-0.05, 0) is 32.7 Å². The summed E-state index contributed by atoms with van der Waals surface area (Å²) < 4.78 is 5.64. The molecule has 2 nitrogen and oxygen atoms in total. The standard InChI is InChI=1S/C12H25NO/c1-5-6-9(2)12(13-4)11-7-8-14-10(11)3/h9-13H,5-8H2,1-4H3. The Kier molecular flexibility index (Phi) is 4.90. The Morgan fingerprint density at radius 1 is 1.50 bits per heavy atom. The van der Waals surface area contributed by atoms with Crippen molar-refractivity contribution < 1.29 is 4.74 Å². The third-order valence-corrected chi connectivity index (χ3v) is 3.59. The molecule has 0 aromatic rings. The summed E-state index contributed by atoms with van der Waals surface area (Å²) in [6.07, 6.45) is 4.25. The molecule has 0 spiro atoms. The fraction of sp³-hybridized carbons (Fsp3) is 1.00. The van der Waals surface area contributed by atoms with Gasteiger partial charge in [0.05, 0.1) is 6.10 Å². The molecular weight excluding hydrogens is 174 g/mol. The topological polar surface area (TPSA) is 21.3 Å². The molecule has 0 aromatic carbocycles. The predicted molar refractivity (Wildman–Crippen MR) is 60.4 cm³/mol. The maximum absolute atomic E-state index is 5.64. The highest BCUT2D eigenvalue weighted by atomic mass is 16.5. The quantitative estimate of drug-likeness (QED) is 0.734. The van der Waals surface area contributed by atoms with Crippen molar-refractivity contribution in [2.45, 2.75) is 52.2 Å². The van der Waals surface area contributed by atoms with Gasteiger partial charge in [0.2, 0.25) is 0 Å². The highest BCUT2D eigenvalue weighted by Gasteiger charge is 2.33. The first-order chi connectivity index (χ1) is 6.70. The second kappa shape index (κ2) is 5.72. The number of hydrogen-bond acceptors (Lipinski definition) is 2. The Balaban J connectivity index is 2.51. The van der Waals surface area contributed by atoms with Crippen molar-refractivity contribution in [3.05, 3.63) is 0 Å². The fourth-order valence-corrected chi connectivity index (χ4v) is 2.78. The van der Waals surface area contributed by atoms with Crippen molar-refractivity contribution in [2.75, 3.05) is 13.7 Å². The van der Waals surface area contributed by atoms with E-state index >= 15 is 0 Å². The second-order valence-corrected chi connectivity index (χ2v) is 4.61. The summed E-state index contributed by atoms with van der Waals surface area (Å²) in [5.74, 6) is 1.47. The van der Waals surface area contributed by atoms with Crippen LogP contribution in [0.15, 0.2) is 0 Å². The van der Waals surface area contributed by atoms with Crippen molar-refractivity contribution in [1.29, 1.82) is 0 Å². The normalized spacial score (nSPS) is 31.7. The molecule has 84 valence electrons. The molecule has 1 aliphatic heterocycles. The maximum atomic E-state index is 5.64. The summed E-state index contributed by atoms with van der Waals surface area (Å²) in [7, 11) is 2.09. The van der Waals surface area contributed by atoms with E-state index in [4.69, 9.17) is 4.74 Å². The largest absolute Gasteiger partial charge is 0.378 e. The van der Waals surface area contributed by atoms with Gasteiger partial charge in [-0.2, -0.15) is 0 Å². The number of rotatable bonds is 5. The Bertz CT molecular complexity index is 160. The van der Waals surface area contributed by atoms with E-state index in [0.29, 0.717) is 18.1 Å². The number of nitrogens with one attached hydrogen (secondary N) is 1. The zero-order valence-electron chi connectivity index (χ0n) is 10.0. The zero-order valence-corrected chi connectivity index (χ0v) is 10.0. The van der Waals surface area contributed by atoms with Crippen LogP contribution in [0.5, 0.6) is 0 Å². The maximum Gasteiger partial charge on any atom is 0.0590 e. The SMILES string of the molecule is CCCC(C)C(NC)C1CCOC1C. The van der Waals surface area contributed by atoms with Gasteiger partial charge in [0.1, 0.15) is 0 Å². The third-order valence-electron chi connectivity index (χ3n) is 3.59. The first-order valence-electron chi connectivity index (χ1n) is 5.99. The van der Waals surface area contributed by atoms with Gasteiger partial charge in [-0.25, -0.2) is 0 Å². The van der Waals surface area contributed by atoms with E-state index in [0.717, 1.165) is 12.5 Å². The van der Waals surface area contributed by atoms with Crippen LogP contribution >= 0.6 is 0 Å². The van der Waals surface area contributed by atoms with Crippen LogP contribution in [0.1, 0.15) is 40.0 Å². The van der Waals surface area contributed by atoms with E-state index in [2.05, 4.69) is 33.1 Å². The molecule has 0 bridgehead atoms. The van der Waals surface area contributed by atoms with Crippen molar-refractivity contribution in [3.8, 4) is 0 Å². The van der Waals surface area contributed by atoms with Crippen LogP contribution in [0.25, 0.3) is 0 Å². The fourth-order valence-electron chi connectivity index (χ4n) is 2.78. The van der Waals surface area contributed by atoms with Gasteiger partial charge >= 0.3 is 0 Å². The summed E-state index contributed by atoms with van der Waals surface area (Å²) in [4.78, 5) is 0. The molecule has 1 aliphatic rings. The molecule has 0 saturated carbocycles. The summed E-state index contributed by atoms with van der Waals surface area (Å²) >= 11 is 0. The lowest BCUT2D eigenvalue weighted by atomic mass is 9.83. The molecule has 0 aromatic heterocycles. The lowest BCUT2D eigenvalue weighted by molar-refractivity contribution is 0.0882. The Hall–Kier alpha value is -0.0800. The molecule has 1 fully saturated rings. The predicted octanol–water partition coefficient (Wildman–Crippen LogP) is 2.44. The summed E-state index contributed by atoms with van der Waals surface area (Å²) in [6, 6.07) is 0.632. The minimum Gasteiger partial charge on any atom is -0.378 e. The first kappa shape index (κ1) is 12.0. The van der Waals surface area contributed by atoms with Gasteiger partial charge in [-0.3, -0.25) is 0 Å². The lowest BCUT2D eigenvalue weighted by Crippen LogP contribution is -2.41. The monoisotopic (exact) mass is 199 g/mol. The molecule has 1 rings (SSSR count). The molecule has 0 radical (unpaired) electrons. The Morgan fingerprint density at radius 2 is 2.21 bits per heavy atom. The van der Waals surface area contributed by atoms with Gasteiger partial charge < -0.3 is 10.1 Å². The first-order valence-corrected chi connectivity index (χ1v) is 5.99.